The zero-order chi connectivity index (χ0) is 30.4. The minimum atomic E-state index is -0.118. The molecule has 0 amide bonds. The quantitative estimate of drug-likeness (QED) is 0.0390. The van der Waals surface area contributed by atoms with E-state index in [1.165, 1.54) is 96.3 Å². The number of ether oxygens (including phenoxy) is 6. The molecule has 0 bridgehead atoms. The van der Waals surface area contributed by atoms with Crippen molar-refractivity contribution < 1.29 is 33.2 Å². The molecule has 7 nitrogen and oxygen atoms in total. The van der Waals surface area contributed by atoms with E-state index in [0.717, 1.165) is 38.2 Å². The average Bonchev–Trinajstić information content (AvgIpc) is 3.00. The number of carbonyl (C=O) groups excluding carboxylic acids is 1. The molecule has 0 saturated carbocycles. The Hall–Kier alpha value is -0.440. The lowest BCUT2D eigenvalue weighted by molar-refractivity contribution is -0.145. The van der Waals surface area contributed by atoms with Crippen molar-refractivity contribution in [3.05, 3.63) is 0 Å². The molecule has 0 atom stereocenters. The van der Waals surface area contributed by atoms with Gasteiger partial charge in [0.05, 0.1) is 59.5 Å². The van der Waals surface area contributed by atoms with Gasteiger partial charge in [-0.15, -0.1) is 11.6 Å². The summed E-state index contributed by atoms with van der Waals surface area (Å²) in [5.41, 5.74) is 0. The van der Waals surface area contributed by atoms with Crippen LogP contribution in [0, 0.1) is 0 Å². The standard InChI is InChI=1S/C34H67ClO7/c1-2-3-4-5-6-7-8-9-10-11-12-13-14-15-18-21-34(36)42-33-32-41-31-30-40-29-28-39-27-26-38-25-24-37-23-20-17-16-19-22-35/h2-33H2,1H3. The van der Waals surface area contributed by atoms with Crippen LogP contribution in [0.4, 0.5) is 0 Å². The van der Waals surface area contributed by atoms with Gasteiger partial charge in [-0.3, -0.25) is 4.79 Å². The van der Waals surface area contributed by atoms with Gasteiger partial charge in [0, 0.05) is 18.9 Å². The SMILES string of the molecule is CCCCCCCCCCCCCCCCCC(=O)OCCOCCOCCOCCOCCOCCCCCCCl. The molecule has 0 aliphatic carbocycles. The lowest BCUT2D eigenvalue weighted by Crippen LogP contribution is -2.15. The van der Waals surface area contributed by atoms with Crippen LogP contribution in [0.5, 0.6) is 0 Å². The Morgan fingerprint density at radius 2 is 0.738 bits per heavy atom. The minimum absolute atomic E-state index is 0.118. The highest BCUT2D eigenvalue weighted by atomic mass is 35.5. The molecule has 0 saturated heterocycles. The number of hydrogen-bond donors (Lipinski definition) is 0. The number of rotatable bonds is 37. The second kappa shape index (κ2) is 38.6. The third-order valence-electron chi connectivity index (χ3n) is 7.14. The molecule has 252 valence electrons. The van der Waals surface area contributed by atoms with E-state index in [9.17, 15) is 4.79 Å². The lowest BCUT2D eigenvalue weighted by atomic mass is 10.0. The van der Waals surface area contributed by atoms with Crippen LogP contribution in [0.15, 0.2) is 0 Å². The molecule has 0 unspecified atom stereocenters. The van der Waals surface area contributed by atoms with Crippen LogP contribution in [-0.4, -0.2) is 84.5 Å². The molecule has 0 aliphatic rings. The fourth-order valence-corrected chi connectivity index (χ4v) is 4.75. The van der Waals surface area contributed by atoms with Gasteiger partial charge in [0.2, 0.25) is 0 Å². The van der Waals surface area contributed by atoms with Crippen molar-refractivity contribution in [1.29, 1.82) is 0 Å². The topological polar surface area (TPSA) is 72.5 Å². The third kappa shape index (κ3) is 37.6. The molecule has 0 rings (SSSR count). The molecule has 0 fully saturated rings. The molecule has 0 aliphatic heterocycles. The smallest absolute Gasteiger partial charge is 0.305 e. The molecular weight excluding hydrogens is 556 g/mol. The maximum Gasteiger partial charge on any atom is 0.305 e. The van der Waals surface area contributed by atoms with Crippen molar-refractivity contribution in [3.63, 3.8) is 0 Å². The third-order valence-corrected chi connectivity index (χ3v) is 7.40. The Balaban J connectivity index is 3.13. The van der Waals surface area contributed by atoms with E-state index in [2.05, 4.69) is 6.92 Å². The van der Waals surface area contributed by atoms with Gasteiger partial charge in [0.15, 0.2) is 0 Å². The maximum atomic E-state index is 11.8. The molecule has 0 aromatic heterocycles. The Kier molecular flexibility index (Phi) is 38.2. The number of hydrogen-bond acceptors (Lipinski definition) is 7. The fraction of sp³-hybridized carbons (Fsp3) is 0.971. The predicted molar refractivity (Wildman–Crippen MR) is 174 cm³/mol. The first-order chi connectivity index (χ1) is 20.8. The van der Waals surface area contributed by atoms with Crippen molar-refractivity contribution in [1.82, 2.24) is 0 Å². The summed E-state index contributed by atoms with van der Waals surface area (Å²) >= 11 is 5.65. The summed E-state index contributed by atoms with van der Waals surface area (Å²) < 4.78 is 32.7. The molecular formula is C34H67ClO7. The van der Waals surface area contributed by atoms with Gasteiger partial charge in [-0.25, -0.2) is 0 Å². The van der Waals surface area contributed by atoms with Crippen molar-refractivity contribution in [2.45, 2.75) is 135 Å². The second-order valence-electron chi connectivity index (χ2n) is 11.1. The van der Waals surface area contributed by atoms with Crippen LogP contribution in [0.3, 0.4) is 0 Å². The predicted octanol–water partition coefficient (Wildman–Crippen LogP) is 8.67. The summed E-state index contributed by atoms with van der Waals surface area (Å²) in [6.07, 6.45) is 24.9. The van der Waals surface area contributed by atoms with Crippen molar-refractivity contribution in [2.24, 2.45) is 0 Å². The Bertz CT molecular complexity index is 510. The van der Waals surface area contributed by atoms with Crippen molar-refractivity contribution in [2.75, 3.05) is 78.6 Å². The van der Waals surface area contributed by atoms with E-state index in [1.54, 1.807) is 0 Å². The highest BCUT2D eigenvalue weighted by molar-refractivity contribution is 6.17. The summed E-state index contributed by atoms with van der Waals surface area (Å²) in [6, 6.07) is 0. The van der Waals surface area contributed by atoms with Gasteiger partial charge in [-0.05, 0) is 19.3 Å². The summed E-state index contributed by atoms with van der Waals surface area (Å²) in [5, 5.41) is 0. The minimum Gasteiger partial charge on any atom is -0.463 e. The number of esters is 1. The number of carbonyl (C=O) groups is 1. The van der Waals surface area contributed by atoms with E-state index in [-0.39, 0.29) is 5.97 Å². The van der Waals surface area contributed by atoms with Crippen LogP contribution < -0.4 is 0 Å². The van der Waals surface area contributed by atoms with Gasteiger partial charge in [-0.2, -0.15) is 0 Å². The average molecular weight is 623 g/mol. The summed E-state index contributed by atoms with van der Waals surface area (Å²) in [6.45, 7) is 8.10. The Morgan fingerprint density at radius 1 is 0.405 bits per heavy atom. The maximum absolute atomic E-state index is 11.8. The molecule has 0 spiro atoms. The van der Waals surface area contributed by atoms with Crippen LogP contribution >= 0.6 is 11.6 Å². The Labute approximate surface area is 264 Å². The monoisotopic (exact) mass is 622 g/mol. The molecule has 0 aromatic rings. The van der Waals surface area contributed by atoms with Crippen LogP contribution in [-0.2, 0) is 33.2 Å². The van der Waals surface area contributed by atoms with Gasteiger partial charge < -0.3 is 28.4 Å². The Morgan fingerprint density at radius 3 is 1.17 bits per heavy atom. The van der Waals surface area contributed by atoms with Crippen LogP contribution in [0.1, 0.15) is 135 Å². The first-order valence-electron chi connectivity index (χ1n) is 17.4. The molecule has 0 heterocycles. The van der Waals surface area contributed by atoms with Gasteiger partial charge in [0.1, 0.15) is 6.61 Å². The summed E-state index contributed by atoms with van der Waals surface area (Å²) in [7, 11) is 0. The number of unbranched alkanes of at least 4 members (excludes halogenated alkanes) is 17. The van der Waals surface area contributed by atoms with Gasteiger partial charge in [-0.1, -0.05) is 110 Å². The molecule has 42 heavy (non-hydrogen) atoms. The summed E-state index contributed by atoms with van der Waals surface area (Å²) in [5.74, 6) is 0.628. The van der Waals surface area contributed by atoms with Crippen molar-refractivity contribution >= 4 is 17.6 Å². The second-order valence-corrected chi connectivity index (χ2v) is 11.5. The lowest BCUT2D eigenvalue weighted by Gasteiger charge is -2.08. The van der Waals surface area contributed by atoms with E-state index in [0.29, 0.717) is 72.5 Å². The first kappa shape index (κ1) is 41.6. The zero-order valence-corrected chi connectivity index (χ0v) is 28.1. The zero-order valence-electron chi connectivity index (χ0n) is 27.4. The molecule has 8 heteroatoms. The highest BCUT2D eigenvalue weighted by Crippen LogP contribution is 2.13. The van der Waals surface area contributed by atoms with Crippen LogP contribution in [0.2, 0.25) is 0 Å². The van der Waals surface area contributed by atoms with E-state index in [4.69, 9.17) is 40.0 Å². The van der Waals surface area contributed by atoms with Crippen LogP contribution in [0.25, 0.3) is 0 Å². The number of alkyl halides is 1. The van der Waals surface area contributed by atoms with E-state index < -0.39 is 0 Å². The van der Waals surface area contributed by atoms with E-state index >= 15 is 0 Å². The molecule has 0 radical (unpaired) electrons. The van der Waals surface area contributed by atoms with Crippen molar-refractivity contribution in [3.8, 4) is 0 Å². The first-order valence-corrected chi connectivity index (χ1v) is 17.9. The normalized spacial score (nSPS) is 11.4. The van der Waals surface area contributed by atoms with Gasteiger partial charge >= 0.3 is 5.97 Å². The molecule has 0 aromatic carbocycles. The fourth-order valence-electron chi connectivity index (χ4n) is 4.56. The van der Waals surface area contributed by atoms with E-state index in [1.807, 2.05) is 0 Å². The number of halogens is 1. The molecule has 0 N–H and O–H groups in total. The largest absolute Gasteiger partial charge is 0.463 e. The van der Waals surface area contributed by atoms with Gasteiger partial charge in [0.25, 0.3) is 0 Å². The highest BCUT2D eigenvalue weighted by Gasteiger charge is 2.03. The summed E-state index contributed by atoms with van der Waals surface area (Å²) in [4.78, 5) is 11.8.